The van der Waals surface area contributed by atoms with E-state index in [0.717, 1.165) is 121 Å². The number of ether oxygens (including phenoxy) is 3. The van der Waals surface area contributed by atoms with Crippen LogP contribution >= 0.6 is 64.8 Å². The molecule has 12 nitrogen and oxygen atoms in total. The molecule has 0 fully saturated rings. The molecule has 0 spiro atoms. The van der Waals surface area contributed by atoms with E-state index in [2.05, 4.69) is 20.8 Å². The zero-order chi connectivity index (χ0) is 33.3. The van der Waals surface area contributed by atoms with Crippen molar-refractivity contribution in [2.75, 3.05) is 37.1 Å². The molecule has 0 radical (unpaired) electrons. The molecule has 1 aromatic heterocycles. The first-order chi connectivity index (χ1) is 21.8. The maximum absolute atomic E-state index is 13.2. The minimum atomic E-state index is -0.870. The molecule has 0 saturated carbocycles. The zero-order valence-electron chi connectivity index (χ0n) is 26.3. The number of aromatic nitrogens is 3. The van der Waals surface area contributed by atoms with E-state index in [1.807, 2.05) is 0 Å². The molecule has 0 aromatic carbocycles. The van der Waals surface area contributed by atoms with E-state index in [9.17, 15) is 28.8 Å². The largest absolute Gasteiger partial charge is 0.561 e. The minimum absolute atomic E-state index is 0.185. The Kier molecular flexibility index (Phi) is 25.1. The third-order valence-corrected chi connectivity index (χ3v) is 12.2. The van der Waals surface area contributed by atoms with Gasteiger partial charge in [-0.3, -0.25) is 0 Å². The molecule has 3 N–H and O–H groups in total. The molecular weight excluding hydrogens is 703 g/mol. The van der Waals surface area contributed by atoms with Gasteiger partial charge in [-0.25, -0.2) is 28.1 Å². The molecule has 45 heavy (non-hydrogen) atoms. The van der Waals surface area contributed by atoms with Crippen LogP contribution in [-0.4, -0.2) is 81.1 Å². The predicted molar refractivity (Wildman–Crippen MR) is 197 cm³/mol. The highest BCUT2D eigenvalue weighted by molar-refractivity contribution is 8.82. The lowest BCUT2D eigenvalue weighted by Crippen LogP contribution is -2.55. The summed E-state index contributed by atoms with van der Waals surface area (Å²) >= 11 is 0. The number of unbranched alkanes of at least 4 members (excludes halogenated alkanes) is 6. The first-order valence-electron chi connectivity index (χ1n) is 15.2. The van der Waals surface area contributed by atoms with Crippen molar-refractivity contribution < 1.29 is 28.6 Å². The van der Waals surface area contributed by atoms with Crippen LogP contribution < -0.4 is 17.1 Å². The van der Waals surface area contributed by atoms with Gasteiger partial charge in [-0.15, -0.1) is 0 Å². The van der Waals surface area contributed by atoms with E-state index in [-0.39, 0.29) is 55.4 Å². The van der Waals surface area contributed by atoms with E-state index >= 15 is 0 Å². The average Bonchev–Trinajstić information content (AvgIpc) is 3.01. The molecule has 258 valence electrons. The van der Waals surface area contributed by atoms with Crippen LogP contribution in [0.1, 0.15) is 78.6 Å². The first-order valence-corrected chi connectivity index (χ1v) is 22.1. The smallest absolute Gasteiger partial charge is 0.329 e. The Morgan fingerprint density at radius 2 is 0.778 bits per heavy atom. The fourth-order valence-corrected chi connectivity index (χ4v) is 8.57. The Balaban J connectivity index is 2.89. The van der Waals surface area contributed by atoms with Crippen LogP contribution in [0, 0.1) is 0 Å². The van der Waals surface area contributed by atoms with Gasteiger partial charge in [-0.05, 0) is 19.3 Å². The molecule has 0 unspecified atom stereocenters. The molecular formula is C27H48N3O9S6+3. The Morgan fingerprint density at radius 3 is 1.02 bits per heavy atom. The second kappa shape index (κ2) is 26.9. The highest BCUT2D eigenvalue weighted by atomic mass is 33.1. The quantitative estimate of drug-likeness (QED) is 0.0441. The van der Waals surface area contributed by atoms with Crippen molar-refractivity contribution in [3.8, 4) is 0 Å². The predicted octanol–water partition coefficient (Wildman–Crippen LogP) is 5.32. The third kappa shape index (κ3) is 18.7. The summed E-state index contributed by atoms with van der Waals surface area (Å²) in [5, 5.41) is -0.855. The number of hydrogen-bond acceptors (Lipinski definition) is 12. The van der Waals surface area contributed by atoms with Crippen LogP contribution in [0.2, 0.25) is 0 Å². The normalized spacial score (nSPS) is 11.0. The van der Waals surface area contributed by atoms with Gasteiger partial charge in [-0.1, -0.05) is 91.7 Å². The molecule has 1 aromatic rings. The van der Waals surface area contributed by atoms with Crippen molar-refractivity contribution in [1.29, 1.82) is 0 Å². The zero-order valence-corrected chi connectivity index (χ0v) is 31.2. The fourth-order valence-electron chi connectivity index (χ4n) is 3.51. The number of rotatable bonds is 24. The van der Waals surface area contributed by atoms with Crippen molar-refractivity contribution in [2.45, 2.75) is 98.2 Å². The molecule has 0 bridgehead atoms. The van der Waals surface area contributed by atoms with Gasteiger partial charge in [0.1, 0.15) is 0 Å². The Morgan fingerprint density at radius 1 is 0.511 bits per heavy atom. The van der Waals surface area contributed by atoms with E-state index in [1.54, 1.807) is 0 Å². The number of nitrogens with zero attached hydrogens (tertiary/aromatic N) is 3. The van der Waals surface area contributed by atoms with Crippen LogP contribution in [-0.2, 0) is 33.8 Å². The summed E-state index contributed by atoms with van der Waals surface area (Å²) in [6, 6.07) is 0. The first kappa shape index (κ1) is 41.9. The summed E-state index contributed by atoms with van der Waals surface area (Å²) < 4.78 is 18.5. The van der Waals surface area contributed by atoms with Crippen molar-refractivity contribution in [1.82, 2.24) is 13.7 Å². The standard InChI is InChI=1S/C27H45N3O9S6/c1-4-7-10-19-40-43-25(34)37-16-13-28-22(31)29(14-17-38-26(35)44-41-20-11-8-5-2)24(33)30(23(28)32)15-18-39-27(36)45-42-21-12-9-6-3/h4-21H2,1-3H3/p+3. The molecule has 0 amide bonds. The van der Waals surface area contributed by atoms with Crippen LogP contribution in [0.3, 0.4) is 0 Å². The monoisotopic (exact) mass is 750 g/mol. The Bertz CT molecular complexity index is 1020. The molecule has 1 heterocycles. The van der Waals surface area contributed by atoms with E-state index in [4.69, 9.17) is 14.2 Å². The molecule has 18 heteroatoms. The fraction of sp³-hybridized carbons (Fsp3) is 0.778. The van der Waals surface area contributed by atoms with Gasteiger partial charge in [0.2, 0.25) is 19.8 Å². The number of carbonyl (C=O) groups excluding carboxylic acids is 3. The van der Waals surface area contributed by atoms with E-state index in [0.29, 0.717) is 0 Å². The topological polar surface area (TPSA) is 158 Å². The van der Waals surface area contributed by atoms with Gasteiger partial charge in [0.15, 0.2) is 0 Å². The van der Waals surface area contributed by atoms with Crippen molar-refractivity contribution in [3.05, 3.63) is 31.5 Å². The highest BCUT2D eigenvalue weighted by Gasteiger charge is 2.22. The van der Waals surface area contributed by atoms with Gasteiger partial charge in [-0.2, -0.15) is 0 Å². The Hall–Kier alpha value is -1.08. The van der Waals surface area contributed by atoms with Crippen LogP contribution in [0.15, 0.2) is 14.4 Å². The minimum Gasteiger partial charge on any atom is -0.329 e. The highest BCUT2D eigenvalue weighted by Crippen LogP contribution is 2.25. The van der Waals surface area contributed by atoms with Crippen LogP contribution in [0.4, 0.5) is 0 Å². The molecule has 1 rings (SSSR count). The van der Waals surface area contributed by atoms with Gasteiger partial charge < -0.3 is 28.6 Å². The van der Waals surface area contributed by atoms with Crippen LogP contribution in [0.5, 0.6) is 0 Å². The molecule has 0 atom stereocenters. The summed E-state index contributed by atoms with van der Waals surface area (Å²) in [7, 11) is 7.56. The van der Waals surface area contributed by atoms with Gasteiger partial charge in [0, 0.05) is 17.3 Å². The molecule has 0 aliphatic heterocycles. The summed E-state index contributed by atoms with van der Waals surface area (Å²) in [5.41, 5.74) is -2.61. The third-order valence-electron chi connectivity index (χ3n) is 5.89. The summed E-state index contributed by atoms with van der Waals surface area (Å²) in [6.45, 7) is 5.09. The van der Waals surface area contributed by atoms with Gasteiger partial charge in [0.25, 0.3) is 0 Å². The lowest BCUT2D eigenvalue weighted by Gasteiger charge is -2.11. The van der Waals surface area contributed by atoms with Crippen LogP contribution in [0.25, 0.3) is 0 Å². The molecule has 0 saturated heterocycles. The maximum atomic E-state index is 13.2. The Labute approximate surface area is 288 Å². The van der Waals surface area contributed by atoms with Crippen molar-refractivity contribution >= 4 is 80.7 Å². The SMILES string of the molecule is CCCCCSSC(=[OH+])OCCn1c(=O)n(CCOC(=[OH+])SSCCCCC)c(=O)n(CCOC(=[OH+])SSCCCCC)c1=O. The van der Waals surface area contributed by atoms with Gasteiger partial charge >= 0.3 is 33.0 Å². The second-order valence-electron chi connectivity index (χ2n) is 9.48. The van der Waals surface area contributed by atoms with E-state index in [1.165, 1.54) is 32.4 Å². The lowest BCUT2D eigenvalue weighted by atomic mass is 10.3. The summed E-state index contributed by atoms with van der Waals surface area (Å²) in [6.07, 6.45) is 9.62. The maximum Gasteiger partial charge on any atom is 0.561 e. The number of hydrogen-bond donors (Lipinski definition) is 0. The van der Waals surface area contributed by atoms with E-state index < -0.39 is 17.1 Å². The second-order valence-corrected chi connectivity index (χ2v) is 16.6. The summed E-state index contributed by atoms with van der Waals surface area (Å²) in [4.78, 5) is 69.7. The molecule has 0 aliphatic rings. The average molecular weight is 751 g/mol. The lowest BCUT2D eigenvalue weighted by molar-refractivity contribution is 0.237. The van der Waals surface area contributed by atoms with Crippen molar-refractivity contribution in [2.24, 2.45) is 0 Å². The van der Waals surface area contributed by atoms with Gasteiger partial charge in [0.05, 0.1) is 52.0 Å². The van der Waals surface area contributed by atoms with Crippen molar-refractivity contribution in [3.63, 3.8) is 0 Å². The molecule has 0 aliphatic carbocycles. The summed E-state index contributed by atoms with van der Waals surface area (Å²) in [5.74, 6) is 2.53.